The predicted octanol–water partition coefficient (Wildman–Crippen LogP) is 0.232. The second-order valence-corrected chi connectivity index (χ2v) is 4.66. The third kappa shape index (κ3) is 2.35. The molecule has 0 aliphatic heterocycles. The maximum Gasteiger partial charge on any atom is 0.349 e. The van der Waals surface area contributed by atoms with Crippen LogP contribution < -0.4 is 16.2 Å². The maximum absolute atomic E-state index is 11.4. The quantitative estimate of drug-likeness (QED) is 0.810. The number of aryl methyl sites for hydroxylation is 1. The fraction of sp³-hybridized carbons (Fsp3) is 0.545. The highest BCUT2D eigenvalue weighted by Gasteiger charge is 2.17. The molecule has 2 heterocycles. The lowest BCUT2D eigenvalue weighted by Gasteiger charge is -2.22. The standard InChI is InChI=1S/C11H17N5O2/c1-4-11(3,12)6-18-9-5-8-14-15-10(17)16(8)7(2)13-9/h5H,4,6,12H2,1-3H3,(H,15,17). The Bertz CT molecular complexity index is 613. The fourth-order valence-corrected chi connectivity index (χ4v) is 1.49. The molecule has 0 saturated carbocycles. The summed E-state index contributed by atoms with van der Waals surface area (Å²) in [5.74, 6) is 0.945. The number of rotatable bonds is 4. The van der Waals surface area contributed by atoms with Gasteiger partial charge in [0.15, 0.2) is 5.65 Å². The first-order valence-electron chi connectivity index (χ1n) is 5.79. The topological polar surface area (TPSA) is 98.3 Å². The van der Waals surface area contributed by atoms with Crippen LogP contribution in [0.15, 0.2) is 10.9 Å². The molecule has 1 atom stereocenters. The first-order chi connectivity index (χ1) is 8.43. The highest BCUT2D eigenvalue weighted by molar-refractivity contribution is 5.40. The van der Waals surface area contributed by atoms with Crippen molar-refractivity contribution in [3.8, 4) is 5.88 Å². The van der Waals surface area contributed by atoms with Crippen molar-refractivity contribution < 1.29 is 4.74 Å². The van der Waals surface area contributed by atoms with Crippen molar-refractivity contribution in [2.24, 2.45) is 5.73 Å². The van der Waals surface area contributed by atoms with Gasteiger partial charge in [-0.25, -0.2) is 14.3 Å². The Balaban J connectivity index is 2.28. The molecule has 0 fully saturated rings. The van der Waals surface area contributed by atoms with Crippen molar-refractivity contribution in [2.75, 3.05) is 6.61 Å². The summed E-state index contributed by atoms with van der Waals surface area (Å²) in [5.41, 5.74) is 5.77. The second-order valence-electron chi connectivity index (χ2n) is 4.66. The summed E-state index contributed by atoms with van der Waals surface area (Å²) in [6.07, 6.45) is 0.802. The van der Waals surface area contributed by atoms with Gasteiger partial charge in [0.05, 0.1) is 0 Å². The normalized spacial score (nSPS) is 14.7. The fourth-order valence-electron chi connectivity index (χ4n) is 1.49. The van der Waals surface area contributed by atoms with Crippen molar-refractivity contribution in [1.82, 2.24) is 19.6 Å². The molecule has 0 aliphatic rings. The molecule has 18 heavy (non-hydrogen) atoms. The lowest BCUT2D eigenvalue weighted by molar-refractivity contribution is 0.218. The number of aromatic nitrogens is 4. The lowest BCUT2D eigenvalue weighted by atomic mass is 10.0. The van der Waals surface area contributed by atoms with Gasteiger partial charge in [-0.05, 0) is 20.3 Å². The van der Waals surface area contributed by atoms with Gasteiger partial charge < -0.3 is 10.5 Å². The number of hydrogen-bond donors (Lipinski definition) is 2. The number of nitrogens with one attached hydrogen (secondary N) is 1. The third-order valence-corrected chi connectivity index (χ3v) is 2.90. The second kappa shape index (κ2) is 4.41. The van der Waals surface area contributed by atoms with Crippen LogP contribution in [-0.2, 0) is 0 Å². The van der Waals surface area contributed by atoms with Crippen LogP contribution in [0.1, 0.15) is 26.1 Å². The Morgan fingerprint density at radius 3 is 3.00 bits per heavy atom. The van der Waals surface area contributed by atoms with Gasteiger partial charge in [-0.15, -0.1) is 0 Å². The number of aromatic amines is 1. The number of H-pyrrole nitrogens is 1. The molecule has 1 unspecified atom stereocenters. The van der Waals surface area contributed by atoms with Crippen molar-refractivity contribution in [3.05, 3.63) is 22.4 Å². The summed E-state index contributed by atoms with van der Waals surface area (Å²) in [5, 5.41) is 6.24. The molecule has 2 aromatic heterocycles. The zero-order valence-electron chi connectivity index (χ0n) is 10.7. The van der Waals surface area contributed by atoms with Crippen LogP contribution in [0.3, 0.4) is 0 Å². The van der Waals surface area contributed by atoms with Crippen LogP contribution in [0.25, 0.3) is 5.65 Å². The summed E-state index contributed by atoms with van der Waals surface area (Å²) >= 11 is 0. The molecule has 98 valence electrons. The van der Waals surface area contributed by atoms with E-state index in [0.29, 0.717) is 24.0 Å². The van der Waals surface area contributed by atoms with Gasteiger partial charge in [-0.2, -0.15) is 10.1 Å². The molecule has 0 radical (unpaired) electrons. The monoisotopic (exact) mass is 251 g/mol. The number of nitrogens with zero attached hydrogens (tertiary/aromatic N) is 3. The molecule has 0 spiro atoms. The molecule has 0 aliphatic carbocycles. The van der Waals surface area contributed by atoms with Crippen LogP contribution in [-0.4, -0.2) is 31.7 Å². The summed E-state index contributed by atoms with van der Waals surface area (Å²) in [4.78, 5) is 15.6. The van der Waals surface area contributed by atoms with Crippen molar-refractivity contribution in [2.45, 2.75) is 32.7 Å². The average molecular weight is 251 g/mol. The van der Waals surface area contributed by atoms with E-state index >= 15 is 0 Å². The van der Waals surface area contributed by atoms with Crippen LogP contribution in [0.2, 0.25) is 0 Å². The predicted molar refractivity (Wildman–Crippen MR) is 66.7 cm³/mol. The molecule has 0 bridgehead atoms. The van der Waals surface area contributed by atoms with E-state index in [1.165, 1.54) is 4.40 Å². The summed E-state index contributed by atoms with van der Waals surface area (Å²) < 4.78 is 6.94. The molecular weight excluding hydrogens is 234 g/mol. The Labute approximate surface area is 104 Å². The van der Waals surface area contributed by atoms with Crippen molar-refractivity contribution in [3.63, 3.8) is 0 Å². The largest absolute Gasteiger partial charge is 0.476 e. The summed E-state index contributed by atoms with van der Waals surface area (Å²) in [6.45, 7) is 5.99. The molecule has 3 N–H and O–H groups in total. The molecule has 2 aromatic rings. The van der Waals surface area contributed by atoms with Gasteiger partial charge in [-0.3, -0.25) is 0 Å². The number of fused-ring (bicyclic) bond motifs is 1. The van der Waals surface area contributed by atoms with Gasteiger partial charge >= 0.3 is 5.69 Å². The Morgan fingerprint density at radius 1 is 1.61 bits per heavy atom. The van der Waals surface area contributed by atoms with E-state index in [1.54, 1.807) is 13.0 Å². The van der Waals surface area contributed by atoms with E-state index in [4.69, 9.17) is 10.5 Å². The summed E-state index contributed by atoms with van der Waals surface area (Å²) in [6, 6.07) is 1.61. The molecule has 0 saturated heterocycles. The van der Waals surface area contributed by atoms with Gasteiger partial charge in [-0.1, -0.05) is 6.92 Å². The van der Waals surface area contributed by atoms with E-state index in [-0.39, 0.29) is 5.69 Å². The van der Waals surface area contributed by atoms with Crippen LogP contribution in [0.4, 0.5) is 0 Å². The van der Waals surface area contributed by atoms with Gasteiger partial charge in [0.25, 0.3) is 0 Å². The highest BCUT2D eigenvalue weighted by atomic mass is 16.5. The Kier molecular flexibility index (Phi) is 3.08. The third-order valence-electron chi connectivity index (χ3n) is 2.90. The van der Waals surface area contributed by atoms with Gasteiger partial charge in [0, 0.05) is 11.6 Å². The van der Waals surface area contributed by atoms with E-state index < -0.39 is 5.54 Å². The Hall–Kier alpha value is -1.89. The zero-order chi connectivity index (χ0) is 13.3. The number of hydrogen-bond acceptors (Lipinski definition) is 5. The van der Waals surface area contributed by atoms with Gasteiger partial charge in [0.2, 0.25) is 5.88 Å². The van der Waals surface area contributed by atoms with E-state index in [0.717, 1.165) is 6.42 Å². The minimum Gasteiger partial charge on any atom is -0.476 e. The van der Waals surface area contributed by atoms with Crippen LogP contribution in [0, 0.1) is 6.92 Å². The highest BCUT2D eigenvalue weighted by Crippen LogP contribution is 2.13. The van der Waals surface area contributed by atoms with Crippen LogP contribution >= 0.6 is 0 Å². The smallest absolute Gasteiger partial charge is 0.349 e. The molecular formula is C11H17N5O2. The van der Waals surface area contributed by atoms with E-state index in [1.807, 2.05) is 13.8 Å². The van der Waals surface area contributed by atoms with Crippen molar-refractivity contribution in [1.29, 1.82) is 0 Å². The first kappa shape index (κ1) is 12.6. The zero-order valence-corrected chi connectivity index (χ0v) is 10.7. The van der Waals surface area contributed by atoms with E-state index in [2.05, 4.69) is 15.2 Å². The van der Waals surface area contributed by atoms with Crippen LogP contribution in [0.5, 0.6) is 5.88 Å². The maximum atomic E-state index is 11.4. The molecule has 7 heteroatoms. The molecule has 2 rings (SSSR count). The molecule has 0 aromatic carbocycles. The first-order valence-corrected chi connectivity index (χ1v) is 5.79. The number of ether oxygens (including phenoxy) is 1. The van der Waals surface area contributed by atoms with Crippen molar-refractivity contribution >= 4 is 5.65 Å². The lowest BCUT2D eigenvalue weighted by Crippen LogP contribution is -2.41. The minimum atomic E-state index is -0.396. The molecule has 0 amide bonds. The van der Waals surface area contributed by atoms with Gasteiger partial charge in [0.1, 0.15) is 12.4 Å². The van der Waals surface area contributed by atoms with E-state index in [9.17, 15) is 4.79 Å². The molecule has 7 nitrogen and oxygen atoms in total. The SMILES string of the molecule is CCC(C)(N)COc1cc2n[nH]c(=O)n2c(C)n1. The number of nitrogens with two attached hydrogens (primary N) is 1. The Morgan fingerprint density at radius 2 is 2.33 bits per heavy atom. The summed E-state index contributed by atoms with van der Waals surface area (Å²) in [7, 11) is 0. The average Bonchev–Trinajstić information content (AvgIpc) is 2.69. The minimum absolute atomic E-state index is 0.307.